The van der Waals surface area contributed by atoms with E-state index in [1.54, 1.807) is 13.8 Å². The number of anilines is 2. The first kappa shape index (κ1) is 20.3. The minimum atomic E-state index is -3.34. The number of rotatable bonds is 4. The van der Waals surface area contributed by atoms with Gasteiger partial charge in [0.1, 0.15) is 10.6 Å². The lowest BCUT2D eigenvalue weighted by atomic mass is 10.1. The molecule has 1 aromatic heterocycles. The number of aromatic nitrogens is 2. The Balaban J connectivity index is 2.05. The van der Waals surface area contributed by atoms with Gasteiger partial charge in [0.2, 0.25) is 5.95 Å². The van der Waals surface area contributed by atoms with Gasteiger partial charge in [-0.1, -0.05) is 0 Å². The molecule has 3 heterocycles. The van der Waals surface area contributed by atoms with E-state index in [2.05, 4.69) is 21.7 Å². The summed E-state index contributed by atoms with van der Waals surface area (Å²) in [7, 11) is -3.34. The molecular formula is C18H31N5O3S. The first-order valence-corrected chi connectivity index (χ1v) is 11.4. The van der Waals surface area contributed by atoms with Crippen LogP contribution in [-0.2, 0) is 19.3 Å². The Morgan fingerprint density at radius 2 is 1.89 bits per heavy atom. The average molecular weight is 398 g/mol. The molecule has 8 nitrogen and oxygen atoms in total. The second-order valence-corrected chi connectivity index (χ2v) is 10.7. The molecule has 0 spiro atoms. The van der Waals surface area contributed by atoms with Crippen LogP contribution in [0.25, 0.3) is 0 Å². The van der Waals surface area contributed by atoms with Crippen molar-refractivity contribution in [3.8, 4) is 0 Å². The van der Waals surface area contributed by atoms with Crippen LogP contribution in [0.2, 0.25) is 0 Å². The molecule has 0 aliphatic carbocycles. The van der Waals surface area contributed by atoms with Crippen LogP contribution in [0.15, 0.2) is 6.07 Å². The van der Waals surface area contributed by atoms with E-state index in [1.807, 2.05) is 6.07 Å². The third-order valence-electron chi connectivity index (χ3n) is 5.73. The molecule has 3 rings (SSSR count). The Hall–Kier alpha value is -1.45. The third-order valence-corrected chi connectivity index (χ3v) is 7.79. The van der Waals surface area contributed by atoms with Crippen LogP contribution in [0.5, 0.6) is 0 Å². The Bertz CT molecular complexity index is 775. The summed E-state index contributed by atoms with van der Waals surface area (Å²) in [5.41, 5.74) is 6.55. The molecule has 0 radical (unpaired) electrons. The molecule has 9 heteroatoms. The molecule has 0 amide bonds. The number of nitrogens with zero attached hydrogens (tertiary/aromatic N) is 4. The smallest absolute Gasteiger partial charge is 0.227 e. The summed E-state index contributed by atoms with van der Waals surface area (Å²) in [6, 6.07) is 2.20. The van der Waals surface area contributed by atoms with Crippen LogP contribution in [0.1, 0.15) is 39.3 Å². The lowest BCUT2D eigenvalue weighted by molar-refractivity contribution is 0.0985. The van der Waals surface area contributed by atoms with Gasteiger partial charge in [0.15, 0.2) is 9.84 Å². The lowest BCUT2D eigenvalue weighted by Crippen LogP contribution is -2.45. The number of piperidine rings is 1. The minimum absolute atomic E-state index is 0.172. The highest BCUT2D eigenvalue weighted by Gasteiger charge is 2.36. The number of hydrogen-bond donors (Lipinski definition) is 1. The molecule has 152 valence electrons. The van der Waals surface area contributed by atoms with Gasteiger partial charge in [0.05, 0.1) is 24.9 Å². The van der Waals surface area contributed by atoms with Gasteiger partial charge in [0, 0.05) is 38.0 Å². The Labute approximate surface area is 162 Å². The van der Waals surface area contributed by atoms with Crippen molar-refractivity contribution in [2.75, 3.05) is 48.9 Å². The fourth-order valence-electron chi connectivity index (χ4n) is 3.38. The molecule has 0 unspecified atom stereocenters. The van der Waals surface area contributed by atoms with Crippen LogP contribution in [-0.4, -0.2) is 69.6 Å². The summed E-state index contributed by atoms with van der Waals surface area (Å²) in [6.45, 7) is 9.03. The molecule has 0 saturated carbocycles. The summed E-state index contributed by atoms with van der Waals surface area (Å²) >= 11 is 0. The van der Waals surface area contributed by atoms with Crippen molar-refractivity contribution in [2.45, 2.75) is 50.4 Å². The zero-order chi connectivity index (χ0) is 19.8. The van der Waals surface area contributed by atoms with E-state index in [1.165, 1.54) is 6.26 Å². The first-order valence-electron chi connectivity index (χ1n) is 9.53. The minimum Gasteiger partial charge on any atom is -0.377 e. The molecule has 1 atom stereocenters. The molecule has 0 bridgehead atoms. The van der Waals surface area contributed by atoms with Gasteiger partial charge < -0.3 is 20.3 Å². The number of sulfone groups is 1. The van der Waals surface area contributed by atoms with Crippen LogP contribution in [0.4, 0.5) is 11.8 Å². The van der Waals surface area contributed by atoms with Crippen molar-refractivity contribution < 1.29 is 13.2 Å². The second-order valence-electron chi connectivity index (χ2n) is 8.14. The van der Waals surface area contributed by atoms with Crippen molar-refractivity contribution in [1.29, 1.82) is 0 Å². The first-order chi connectivity index (χ1) is 12.6. The Morgan fingerprint density at radius 3 is 2.48 bits per heavy atom. The maximum atomic E-state index is 12.4. The van der Waals surface area contributed by atoms with E-state index in [4.69, 9.17) is 15.5 Å². The fraction of sp³-hybridized carbons (Fsp3) is 0.778. The monoisotopic (exact) mass is 397 g/mol. The van der Waals surface area contributed by atoms with Crippen LogP contribution in [0.3, 0.4) is 0 Å². The van der Waals surface area contributed by atoms with Crippen LogP contribution >= 0.6 is 0 Å². The van der Waals surface area contributed by atoms with E-state index in [0.717, 1.165) is 38.3 Å². The van der Waals surface area contributed by atoms with Gasteiger partial charge >= 0.3 is 0 Å². The number of nitrogens with two attached hydrogens (primary N) is 1. The number of hydrogen-bond acceptors (Lipinski definition) is 8. The number of morpholine rings is 1. The second kappa shape index (κ2) is 7.52. The molecule has 2 fully saturated rings. The summed E-state index contributed by atoms with van der Waals surface area (Å²) in [5.74, 6) is 1.35. The average Bonchev–Trinajstić information content (AvgIpc) is 2.61. The molecular weight excluding hydrogens is 366 g/mol. The van der Waals surface area contributed by atoms with Crippen LogP contribution in [0, 0.1) is 0 Å². The van der Waals surface area contributed by atoms with Gasteiger partial charge in [0.25, 0.3) is 0 Å². The third kappa shape index (κ3) is 4.20. The van der Waals surface area contributed by atoms with E-state index < -0.39 is 14.6 Å². The Morgan fingerprint density at radius 1 is 1.22 bits per heavy atom. The van der Waals surface area contributed by atoms with Crippen molar-refractivity contribution in [3.63, 3.8) is 0 Å². The summed E-state index contributed by atoms with van der Waals surface area (Å²) in [5, 5.41) is 0. The van der Waals surface area contributed by atoms with Gasteiger partial charge in [-0.25, -0.2) is 13.4 Å². The molecule has 27 heavy (non-hydrogen) atoms. The van der Waals surface area contributed by atoms with Crippen molar-refractivity contribution in [1.82, 2.24) is 9.97 Å². The predicted octanol–water partition coefficient (Wildman–Crippen LogP) is 0.909. The van der Waals surface area contributed by atoms with E-state index in [0.29, 0.717) is 24.9 Å². The summed E-state index contributed by atoms with van der Waals surface area (Å²) < 4.78 is 29.3. The van der Waals surface area contributed by atoms with E-state index >= 15 is 0 Å². The zero-order valence-electron chi connectivity index (χ0n) is 16.7. The maximum absolute atomic E-state index is 12.4. The maximum Gasteiger partial charge on any atom is 0.227 e. The molecule has 1 aromatic rings. The van der Waals surface area contributed by atoms with Gasteiger partial charge in [-0.15, -0.1) is 0 Å². The number of ether oxygens (including phenoxy) is 1. The van der Waals surface area contributed by atoms with Crippen molar-refractivity contribution in [2.24, 2.45) is 5.73 Å². The van der Waals surface area contributed by atoms with Gasteiger partial charge in [-0.3, -0.25) is 0 Å². The zero-order valence-corrected chi connectivity index (χ0v) is 17.5. The summed E-state index contributed by atoms with van der Waals surface area (Å²) in [4.78, 5) is 13.8. The lowest BCUT2D eigenvalue weighted by Gasteiger charge is -2.36. The van der Waals surface area contributed by atoms with Crippen LogP contribution < -0.4 is 15.5 Å². The largest absolute Gasteiger partial charge is 0.377 e. The molecule has 2 aliphatic rings. The highest BCUT2D eigenvalue weighted by atomic mass is 32.2. The predicted molar refractivity (Wildman–Crippen MR) is 107 cm³/mol. The standard InChI is InChI=1S/C18H31N5O3S/c1-13-12-26-10-9-23(13)16-11-15(18(2,3)27(4,24)25)20-17(21-16)22-7-5-14(19)6-8-22/h11,13-14H,5-10,12,19H2,1-4H3/t13-/m0/s1. The molecule has 2 N–H and O–H groups in total. The quantitative estimate of drug-likeness (QED) is 0.800. The highest BCUT2D eigenvalue weighted by Crippen LogP contribution is 2.32. The van der Waals surface area contributed by atoms with Gasteiger partial charge in [-0.2, -0.15) is 4.98 Å². The van der Waals surface area contributed by atoms with Gasteiger partial charge in [-0.05, 0) is 33.6 Å². The fourth-order valence-corrected chi connectivity index (χ4v) is 3.86. The van der Waals surface area contributed by atoms with E-state index in [-0.39, 0.29) is 12.1 Å². The topological polar surface area (TPSA) is 102 Å². The molecule has 0 aromatic carbocycles. The normalized spacial score (nSPS) is 22.9. The molecule has 2 saturated heterocycles. The summed E-state index contributed by atoms with van der Waals surface area (Å²) in [6.07, 6.45) is 3.02. The van der Waals surface area contributed by atoms with Crippen molar-refractivity contribution >= 4 is 21.6 Å². The van der Waals surface area contributed by atoms with Crippen molar-refractivity contribution in [3.05, 3.63) is 11.8 Å². The Kier molecular flexibility index (Phi) is 5.65. The highest BCUT2D eigenvalue weighted by molar-refractivity contribution is 7.91. The SMILES string of the molecule is C[C@H]1COCCN1c1cc(C(C)(C)S(C)(=O)=O)nc(N2CCC(N)CC2)n1. The van der Waals surface area contributed by atoms with E-state index in [9.17, 15) is 8.42 Å². The molecule has 2 aliphatic heterocycles.